The maximum absolute atomic E-state index is 12.6. The average molecular weight is 445 g/mol. The Balaban J connectivity index is 1.55. The SMILES string of the molecule is Cc1cc(-c2nnc3c4ccccc4c(OC(CCO)NC(=O)c4cccnc4)nn23)no1. The van der Waals surface area contributed by atoms with E-state index in [2.05, 4.69) is 30.8 Å². The van der Waals surface area contributed by atoms with Crippen LogP contribution < -0.4 is 10.1 Å². The summed E-state index contributed by atoms with van der Waals surface area (Å²) in [4.78, 5) is 16.6. The van der Waals surface area contributed by atoms with Gasteiger partial charge in [-0.1, -0.05) is 23.4 Å². The third kappa shape index (κ3) is 3.96. The topological polar surface area (TPSA) is 141 Å². The van der Waals surface area contributed by atoms with Gasteiger partial charge in [-0.25, -0.2) is 0 Å². The zero-order valence-corrected chi connectivity index (χ0v) is 17.5. The Bertz CT molecular complexity index is 1430. The Labute approximate surface area is 187 Å². The van der Waals surface area contributed by atoms with Crippen LogP contribution in [0.2, 0.25) is 0 Å². The van der Waals surface area contributed by atoms with Crippen LogP contribution in [-0.4, -0.2) is 53.8 Å². The molecular formula is C22H19N7O4. The molecule has 0 bridgehead atoms. The number of nitrogens with one attached hydrogen (secondary N) is 1. The van der Waals surface area contributed by atoms with Crippen molar-refractivity contribution in [2.45, 2.75) is 19.6 Å². The molecule has 5 rings (SSSR count). The van der Waals surface area contributed by atoms with E-state index in [0.29, 0.717) is 33.9 Å². The molecule has 1 unspecified atom stereocenters. The number of rotatable bonds is 7. The summed E-state index contributed by atoms with van der Waals surface area (Å²) in [6.07, 6.45) is 2.34. The predicted octanol–water partition coefficient (Wildman–Crippen LogP) is 2.15. The molecule has 0 aliphatic carbocycles. The van der Waals surface area contributed by atoms with E-state index < -0.39 is 6.23 Å². The first-order chi connectivity index (χ1) is 16.1. The van der Waals surface area contributed by atoms with Gasteiger partial charge in [-0.15, -0.1) is 15.3 Å². The lowest BCUT2D eigenvalue weighted by Crippen LogP contribution is -2.40. The molecule has 4 aromatic heterocycles. The van der Waals surface area contributed by atoms with Crippen LogP contribution in [0, 0.1) is 6.92 Å². The summed E-state index contributed by atoms with van der Waals surface area (Å²) < 4.78 is 12.8. The molecule has 5 aromatic rings. The third-order valence-corrected chi connectivity index (χ3v) is 4.95. The second kappa shape index (κ2) is 8.63. The van der Waals surface area contributed by atoms with Crippen LogP contribution in [0.4, 0.5) is 0 Å². The Morgan fingerprint density at radius 3 is 2.79 bits per heavy atom. The molecule has 11 heteroatoms. The fraction of sp³-hybridized carbons (Fsp3) is 0.182. The predicted molar refractivity (Wildman–Crippen MR) is 116 cm³/mol. The smallest absolute Gasteiger partial charge is 0.255 e. The monoisotopic (exact) mass is 445 g/mol. The number of fused-ring (bicyclic) bond motifs is 3. The zero-order valence-electron chi connectivity index (χ0n) is 17.5. The van der Waals surface area contributed by atoms with Gasteiger partial charge in [0, 0.05) is 42.3 Å². The van der Waals surface area contributed by atoms with Gasteiger partial charge in [0.25, 0.3) is 5.91 Å². The molecule has 0 saturated heterocycles. The van der Waals surface area contributed by atoms with Gasteiger partial charge in [-0.05, 0) is 25.1 Å². The number of pyridine rings is 1. The number of ether oxygens (including phenoxy) is 1. The fourth-order valence-electron chi connectivity index (χ4n) is 3.41. The van der Waals surface area contributed by atoms with E-state index in [0.717, 1.165) is 5.39 Å². The number of aliphatic hydroxyl groups is 1. The number of aliphatic hydroxyl groups excluding tert-OH is 1. The zero-order chi connectivity index (χ0) is 22.8. The largest absolute Gasteiger partial charge is 0.452 e. The molecule has 166 valence electrons. The van der Waals surface area contributed by atoms with Gasteiger partial charge >= 0.3 is 0 Å². The van der Waals surface area contributed by atoms with Crippen molar-refractivity contribution in [2.24, 2.45) is 0 Å². The third-order valence-electron chi connectivity index (χ3n) is 4.95. The lowest BCUT2D eigenvalue weighted by Gasteiger charge is -2.20. The number of carbonyl (C=O) groups excluding carboxylic acids is 1. The van der Waals surface area contributed by atoms with Crippen LogP contribution in [0.5, 0.6) is 5.88 Å². The van der Waals surface area contributed by atoms with Crippen LogP contribution in [0.3, 0.4) is 0 Å². The maximum Gasteiger partial charge on any atom is 0.255 e. The highest BCUT2D eigenvalue weighted by atomic mass is 16.5. The summed E-state index contributed by atoms with van der Waals surface area (Å²) in [6.45, 7) is 1.58. The second-order valence-electron chi connectivity index (χ2n) is 7.27. The first-order valence-corrected chi connectivity index (χ1v) is 10.2. The molecule has 0 aliphatic heterocycles. The molecule has 0 saturated carbocycles. The Kier molecular flexibility index (Phi) is 5.37. The minimum atomic E-state index is -0.842. The van der Waals surface area contributed by atoms with Gasteiger partial charge in [0.05, 0.1) is 5.56 Å². The van der Waals surface area contributed by atoms with E-state index in [-0.39, 0.29) is 24.8 Å². The molecule has 11 nitrogen and oxygen atoms in total. The first-order valence-electron chi connectivity index (χ1n) is 10.2. The van der Waals surface area contributed by atoms with Gasteiger partial charge in [0.1, 0.15) is 5.76 Å². The fourth-order valence-corrected chi connectivity index (χ4v) is 3.41. The van der Waals surface area contributed by atoms with Crippen LogP contribution >= 0.6 is 0 Å². The highest BCUT2D eigenvalue weighted by molar-refractivity contribution is 5.97. The molecular weight excluding hydrogens is 426 g/mol. The number of nitrogens with zero attached hydrogens (tertiary/aromatic N) is 6. The van der Waals surface area contributed by atoms with E-state index >= 15 is 0 Å². The molecule has 33 heavy (non-hydrogen) atoms. The number of carbonyl (C=O) groups is 1. The Hall–Kier alpha value is -4.38. The van der Waals surface area contributed by atoms with Crippen LogP contribution in [0.1, 0.15) is 22.5 Å². The molecule has 0 fully saturated rings. The van der Waals surface area contributed by atoms with Gasteiger partial charge < -0.3 is 19.7 Å². The number of aryl methyl sites for hydroxylation is 1. The normalized spacial score (nSPS) is 12.2. The van der Waals surface area contributed by atoms with E-state index in [1.165, 1.54) is 10.7 Å². The number of hydrogen-bond acceptors (Lipinski definition) is 9. The van der Waals surface area contributed by atoms with Crippen molar-refractivity contribution in [1.82, 2.24) is 35.3 Å². The maximum atomic E-state index is 12.6. The number of hydrogen-bond donors (Lipinski definition) is 2. The molecule has 0 radical (unpaired) electrons. The summed E-state index contributed by atoms with van der Waals surface area (Å²) in [5.74, 6) is 0.870. The lowest BCUT2D eigenvalue weighted by atomic mass is 10.2. The van der Waals surface area contributed by atoms with Crippen molar-refractivity contribution < 1.29 is 19.2 Å². The van der Waals surface area contributed by atoms with Gasteiger partial charge in [0.2, 0.25) is 11.7 Å². The summed E-state index contributed by atoms with van der Waals surface area (Å²) >= 11 is 0. The second-order valence-corrected chi connectivity index (χ2v) is 7.27. The van der Waals surface area contributed by atoms with Crippen molar-refractivity contribution in [3.63, 3.8) is 0 Å². The van der Waals surface area contributed by atoms with Crippen molar-refractivity contribution in [2.75, 3.05) is 6.61 Å². The van der Waals surface area contributed by atoms with Crippen molar-refractivity contribution in [3.05, 3.63) is 66.2 Å². The quantitative estimate of drug-likeness (QED) is 0.361. The van der Waals surface area contributed by atoms with E-state index in [9.17, 15) is 9.90 Å². The summed E-state index contributed by atoms with van der Waals surface area (Å²) in [5, 5.41) is 30.8. The minimum absolute atomic E-state index is 0.150. The molecule has 2 N–H and O–H groups in total. The summed E-state index contributed by atoms with van der Waals surface area (Å²) in [7, 11) is 0. The molecule has 1 atom stereocenters. The molecule has 4 heterocycles. The highest BCUT2D eigenvalue weighted by Gasteiger charge is 2.21. The van der Waals surface area contributed by atoms with Crippen LogP contribution in [-0.2, 0) is 0 Å². The van der Waals surface area contributed by atoms with Crippen LogP contribution in [0.25, 0.3) is 27.9 Å². The average Bonchev–Trinajstić information content (AvgIpc) is 3.46. The number of amides is 1. The first kappa shape index (κ1) is 20.5. The molecule has 0 aliphatic rings. The van der Waals surface area contributed by atoms with Gasteiger partial charge in [0.15, 0.2) is 17.6 Å². The minimum Gasteiger partial charge on any atom is -0.452 e. The number of aromatic nitrogens is 6. The molecule has 1 amide bonds. The molecule has 0 spiro atoms. The van der Waals surface area contributed by atoms with Crippen LogP contribution in [0.15, 0.2) is 59.4 Å². The number of benzene rings is 1. The Morgan fingerprint density at radius 1 is 1.21 bits per heavy atom. The van der Waals surface area contributed by atoms with E-state index in [1.54, 1.807) is 31.3 Å². The van der Waals surface area contributed by atoms with Gasteiger partial charge in [-0.3, -0.25) is 9.78 Å². The van der Waals surface area contributed by atoms with Crippen molar-refractivity contribution in [3.8, 4) is 17.4 Å². The summed E-state index contributed by atoms with van der Waals surface area (Å²) in [6, 6.07) is 12.5. The molecule has 1 aromatic carbocycles. The van der Waals surface area contributed by atoms with Gasteiger partial charge in [-0.2, -0.15) is 4.52 Å². The summed E-state index contributed by atoms with van der Waals surface area (Å²) in [5.41, 5.74) is 1.37. The Morgan fingerprint density at radius 2 is 2.06 bits per heavy atom. The lowest BCUT2D eigenvalue weighted by molar-refractivity contribution is 0.0766. The standard InChI is InChI=1S/C22H19N7O4/c1-13-11-17(28-33-13)20-26-25-19-15-6-2-3-7-16(15)22(27-29(19)20)32-18(8-10-30)24-21(31)14-5-4-9-23-12-14/h2-7,9,11-12,18,30H,8,10H2,1H3,(H,24,31). The highest BCUT2D eigenvalue weighted by Crippen LogP contribution is 2.29. The van der Waals surface area contributed by atoms with E-state index in [4.69, 9.17) is 9.26 Å². The van der Waals surface area contributed by atoms with Crippen molar-refractivity contribution >= 4 is 22.3 Å². The van der Waals surface area contributed by atoms with E-state index in [1.807, 2.05) is 24.3 Å². The van der Waals surface area contributed by atoms with Crippen molar-refractivity contribution in [1.29, 1.82) is 0 Å².